The molecule has 0 saturated heterocycles. The van der Waals surface area contributed by atoms with E-state index in [1.807, 2.05) is 36.4 Å². The normalized spacial score (nSPS) is 11.2. The molecule has 2 aromatic heterocycles. The smallest absolute Gasteiger partial charge is 0.273 e. The summed E-state index contributed by atoms with van der Waals surface area (Å²) >= 11 is 5.65. The van der Waals surface area contributed by atoms with Crippen molar-refractivity contribution in [3.05, 3.63) is 51.0 Å². The summed E-state index contributed by atoms with van der Waals surface area (Å²) < 4.78 is 5.25. The Kier molecular flexibility index (Phi) is 5.02. The fourth-order valence-corrected chi connectivity index (χ4v) is 3.23. The van der Waals surface area contributed by atoms with Gasteiger partial charge in [0.2, 0.25) is 10.5 Å². The monoisotopic (exact) mass is 368 g/mol. The maximum absolute atomic E-state index is 12.7. The first-order chi connectivity index (χ1) is 12.5. The van der Waals surface area contributed by atoms with E-state index in [1.165, 1.54) is 4.57 Å². The predicted molar refractivity (Wildman–Crippen MR) is 102 cm³/mol. The molecule has 26 heavy (non-hydrogen) atoms. The van der Waals surface area contributed by atoms with Crippen LogP contribution in [0.5, 0.6) is 0 Å². The molecule has 0 aliphatic carbocycles. The topological polar surface area (TPSA) is 71.3 Å². The summed E-state index contributed by atoms with van der Waals surface area (Å²) in [5.41, 5.74) is 0.922. The maximum atomic E-state index is 12.7. The van der Waals surface area contributed by atoms with E-state index >= 15 is 0 Å². The summed E-state index contributed by atoms with van der Waals surface area (Å²) in [5.74, 6) is 0.421. The Balaban J connectivity index is 2.40. The van der Waals surface area contributed by atoms with Crippen molar-refractivity contribution >= 4 is 18.0 Å². The highest BCUT2D eigenvalue weighted by Gasteiger charge is 2.20. The van der Waals surface area contributed by atoms with Crippen LogP contribution in [0.3, 0.4) is 0 Å². The lowest BCUT2D eigenvalue weighted by Gasteiger charge is -2.17. The van der Waals surface area contributed by atoms with Gasteiger partial charge in [-0.15, -0.1) is 5.10 Å². The van der Waals surface area contributed by atoms with Crippen LogP contribution in [0.1, 0.15) is 19.4 Å². The number of aryl methyl sites for hydroxylation is 1. The number of fused-ring (bicyclic) bond motifs is 1. The molecule has 0 aliphatic heterocycles. The molecule has 0 N–H and O–H groups in total. The molecule has 7 nitrogen and oxygen atoms in total. The van der Waals surface area contributed by atoms with Gasteiger partial charge in [0, 0.05) is 12.6 Å². The first-order valence-corrected chi connectivity index (χ1v) is 8.84. The second-order valence-corrected chi connectivity index (χ2v) is 6.29. The van der Waals surface area contributed by atoms with Gasteiger partial charge in [0.15, 0.2) is 0 Å². The summed E-state index contributed by atoms with van der Waals surface area (Å²) in [6.07, 6.45) is 0. The number of hydrogen-bond donors (Lipinski definition) is 0. The molecule has 3 aromatic rings. The molecular weight excluding hydrogens is 348 g/mol. The van der Waals surface area contributed by atoms with Gasteiger partial charge < -0.3 is 0 Å². The van der Waals surface area contributed by atoms with Crippen LogP contribution in [-0.2, 0) is 13.7 Å². The number of rotatable bonds is 5. The Bertz CT molecular complexity index is 1100. The number of nitriles is 1. The highest BCUT2D eigenvalue weighted by molar-refractivity contribution is 7.71. The van der Waals surface area contributed by atoms with Crippen LogP contribution in [0.2, 0.25) is 0 Å². The van der Waals surface area contributed by atoms with E-state index in [0.29, 0.717) is 22.9 Å². The molecule has 0 radical (unpaired) electrons. The van der Waals surface area contributed by atoms with E-state index in [9.17, 15) is 10.1 Å². The zero-order valence-electron chi connectivity index (χ0n) is 15.0. The average molecular weight is 368 g/mol. The molecule has 0 atom stereocenters. The van der Waals surface area contributed by atoms with E-state index in [4.69, 9.17) is 12.2 Å². The minimum Gasteiger partial charge on any atom is -0.285 e. The number of hydrogen-bond acceptors (Lipinski definition) is 5. The molecule has 0 amide bonds. The van der Waals surface area contributed by atoms with Crippen molar-refractivity contribution in [2.75, 3.05) is 13.1 Å². The van der Waals surface area contributed by atoms with Gasteiger partial charge in [-0.3, -0.25) is 18.7 Å². The Morgan fingerprint density at radius 1 is 1.23 bits per heavy atom. The largest absolute Gasteiger partial charge is 0.285 e. The third-order valence-electron chi connectivity index (χ3n) is 4.49. The van der Waals surface area contributed by atoms with E-state index in [1.54, 1.807) is 16.1 Å². The van der Waals surface area contributed by atoms with Crippen LogP contribution in [0.15, 0.2) is 35.1 Å². The molecule has 8 heteroatoms. The van der Waals surface area contributed by atoms with Crippen molar-refractivity contribution in [1.29, 1.82) is 5.26 Å². The van der Waals surface area contributed by atoms with Crippen LogP contribution in [-0.4, -0.2) is 36.7 Å². The lowest BCUT2D eigenvalue weighted by atomic mass is 10.1. The van der Waals surface area contributed by atoms with Crippen molar-refractivity contribution < 1.29 is 0 Å². The SMILES string of the molecule is CCN(CC)Cn1nc2n(C)c(=O)c(C#N)c(-c3ccccc3)n2c1=S. The fourth-order valence-electron chi connectivity index (χ4n) is 2.96. The average Bonchev–Trinajstić information content (AvgIpc) is 2.99. The van der Waals surface area contributed by atoms with Gasteiger partial charge in [0.25, 0.3) is 5.56 Å². The van der Waals surface area contributed by atoms with Crippen molar-refractivity contribution in [1.82, 2.24) is 23.6 Å². The Hall–Kier alpha value is -2.76. The molecule has 0 saturated carbocycles. The highest BCUT2D eigenvalue weighted by Crippen LogP contribution is 2.23. The molecule has 1 aromatic carbocycles. The Labute approximate surface area is 156 Å². The van der Waals surface area contributed by atoms with Crippen molar-refractivity contribution in [3.8, 4) is 17.3 Å². The number of aromatic nitrogens is 4. The summed E-state index contributed by atoms with van der Waals surface area (Å²) in [6, 6.07) is 11.4. The zero-order valence-corrected chi connectivity index (χ0v) is 15.8. The van der Waals surface area contributed by atoms with E-state index in [0.717, 1.165) is 18.7 Å². The molecule has 0 spiro atoms. The standard InChI is InChI=1S/C18H20N6OS/c1-4-22(5-2)12-23-18(26)24-15(13-9-7-6-8-10-13)14(11-19)16(25)21(3)17(24)20-23/h6-10H,4-5,12H2,1-3H3. The Morgan fingerprint density at radius 3 is 2.46 bits per heavy atom. The van der Waals surface area contributed by atoms with E-state index in [-0.39, 0.29) is 11.1 Å². The van der Waals surface area contributed by atoms with Crippen LogP contribution < -0.4 is 5.56 Å². The Morgan fingerprint density at radius 2 is 1.88 bits per heavy atom. The molecule has 0 fully saturated rings. The van der Waals surface area contributed by atoms with Crippen LogP contribution in [0, 0.1) is 16.1 Å². The summed E-state index contributed by atoms with van der Waals surface area (Å²) in [6.45, 7) is 6.39. The van der Waals surface area contributed by atoms with Gasteiger partial charge >= 0.3 is 0 Å². The van der Waals surface area contributed by atoms with Gasteiger partial charge in [-0.2, -0.15) is 5.26 Å². The van der Waals surface area contributed by atoms with Gasteiger partial charge in [-0.1, -0.05) is 44.2 Å². The molecule has 0 aliphatic rings. The molecule has 3 rings (SSSR count). The maximum Gasteiger partial charge on any atom is 0.273 e. The first kappa shape index (κ1) is 18.0. The lowest BCUT2D eigenvalue weighted by Crippen LogP contribution is -2.26. The van der Waals surface area contributed by atoms with Gasteiger partial charge in [-0.25, -0.2) is 4.68 Å². The van der Waals surface area contributed by atoms with Crippen LogP contribution in [0.25, 0.3) is 17.0 Å². The summed E-state index contributed by atoms with van der Waals surface area (Å²) in [5, 5.41) is 14.2. The molecule has 2 heterocycles. The number of benzene rings is 1. The van der Waals surface area contributed by atoms with Crippen LogP contribution in [0.4, 0.5) is 0 Å². The van der Waals surface area contributed by atoms with Gasteiger partial charge in [0.1, 0.15) is 11.6 Å². The second kappa shape index (κ2) is 7.23. The zero-order chi connectivity index (χ0) is 18.8. The van der Waals surface area contributed by atoms with Gasteiger partial charge in [-0.05, 0) is 25.3 Å². The van der Waals surface area contributed by atoms with E-state index < -0.39 is 0 Å². The quantitative estimate of drug-likeness (QED) is 0.647. The summed E-state index contributed by atoms with van der Waals surface area (Å²) in [4.78, 5) is 14.9. The molecule has 134 valence electrons. The third kappa shape index (κ3) is 2.85. The molecular formula is C18H20N6OS. The van der Waals surface area contributed by atoms with Crippen LogP contribution >= 0.6 is 12.2 Å². The van der Waals surface area contributed by atoms with E-state index in [2.05, 4.69) is 23.8 Å². The second-order valence-electron chi connectivity index (χ2n) is 5.93. The summed E-state index contributed by atoms with van der Waals surface area (Å²) in [7, 11) is 1.61. The van der Waals surface area contributed by atoms with Crippen molar-refractivity contribution in [3.63, 3.8) is 0 Å². The lowest BCUT2D eigenvalue weighted by molar-refractivity contribution is 0.227. The van der Waals surface area contributed by atoms with Gasteiger partial charge in [0.05, 0.1) is 12.4 Å². The number of nitrogens with zero attached hydrogens (tertiary/aromatic N) is 6. The molecule has 0 bridgehead atoms. The predicted octanol–water partition coefficient (Wildman–Crippen LogP) is 2.40. The third-order valence-corrected chi connectivity index (χ3v) is 4.88. The fraction of sp³-hybridized carbons (Fsp3) is 0.333. The minimum atomic E-state index is -0.381. The van der Waals surface area contributed by atoms with Crippen molar-refractivity contribution in [2.24, 2.45) is 7.05 Å². The first-order valence-electron chi connectivity index (χ1n) is 8.43. The molecule has 0 unspecified atom stereocenters. The van der Waals surface area contributed by atoms with Crippen molar-refractivity contribution in [2.45, 2.75) is 20.5 Å². The minimum absolute atomic E-state index is 0.0599. The highest BCUT2D eigenvalue weighted by atomic mass is 32.1.